The van der Waals surface area contributed by atoms with Crippen LogP contribution in [0, 0.1) is 5.92 Å². The van der Waals surface area contributed by atoms with E-state index in [1.165, 1.54) is 16.4 Å². The summed E-state index contributed by atoms with van der Waals surface area (Å²) in [5.41, 5.74) is 1.02. The summed E-state index contributed by atoms with van der Waals surface area (Å²) in [5, 5.41) is 3.42. The topological polar surface area (TPSA) is 86.8 Å². The predicted octanol–water partition coefficient (Wildman–Crippen LogP) is 3.86. The number of hydrogen-bond acceptors (Lipinski definition) is 4. The van der Waals surface area contributed by atoms with Crippen molar-refractivity contribution in [3.63, 3.8) is 0 Å². The summed E-state index contributed by atoms with van der Waals surface area (Å²) in [6.07, 6.45) is 1.09. The normalized spacial score (nSPS) is 15.1. The number of nitrogens with one attached hydrogen (secondary N) is 1. The van der Waals surface area contributed by atoms with Crippen molar-refractivity contribution in [2.75, 3.05) is 31.5 Å². The fraction of sp³-hybridized carbons (Fsp3) is 0.391. The molecule has 1 fully saturated rings. The van der Waals surface area contributed by atoms with Crippen molar-refractivity contribution in [1.29, 1.82) is 0 Å². The molecule has 0 atom stereocenters. The Labute approximate surface area is 194 Å². The number of carbonyl (C=O) groups is 2. The van der Waals surface area contributed by atoms with E-state index >= 15 is 0 Å². The zero-order valence-corrected chi connectivity index (χ0v) is 19.8. The molecule has 3 rings (SSSR count). The second-order valence-corrected chi connectivity index (χ2v) is 10.1. The Morgan fingerprint density at radius 3 is 2.28 bits per heavy atom. The van der Waals surface area contributed by atoms with E-state index in [-0.39, 0.29) is 22.6 Å². The number of anilines is 1. The molecule has 0 aliphatic carbocycles. The molecule has 2 aromatic rings. The van der Waals surface area contributed by atoms with E-state index in [2.05, 4.69) is 5.32 Å². The van der Waals surface area contributed by atoms with Gasteiger partial charge in [0, 0.05) is 48.4 Å². The highest BCUT2D eigenvalue weighted by Gasteiger charge is 2.28. The number of piperidine rings is 1. The van der Waals surface area contributed by atoms with Crippen LogP contribution in [-0.4, -0.2) is 55.6 Å². The maximum Gasteiger partial charge on any atom is 0.253 e. The van der Waals surface area contributed by atoms with E-state index in [9.17, 15) is 18.0 Å². The maximum atomic E-state index is 12.8. The lowest BCUT2D eigenvalue weighted by atomic mass is 9.95. The molecule has 1 saturated heterocycles. The Balaban J connectivity index is 1.61. The van der Waals surface area contributed by atoms with E-state index in [4.69, 9.17) is 11.6 Å². The van der Waals surface area contributed by atoms with Crippen LogP contribution in [0.5, 0.6) is 0 Å². The molecule has 1 heterocycles. The highest BCUT2D eigenvalue weighted by atomic mass is 35.5. The number of benzene rings is 2. The molecule has 9 heteroatoms. The lowest BCUT2D eigenvalue weighted by Gasteiger charge is -2.31. The van der Waals surface area contributed by atoms with Gasteiger partial charge in [-0.05, 0) is 55.3 Å². The van der Waals surface area contributed by atoms with Crippen LogP contribution in [0.15, 0.2) is 53.4 Å². The maximum absolute atomic E-state index is 12.8. The van der Waals surface area contributed by atoms with Crippen molar-refractivity contribution < 1.29 is 18.0 Å². The largest absolute Gasteiger partial charge is 0.339 e. The van der Waals surface area contributed by atoms with Gasteiger partial charge in [0.25, 0.3) is 5.91 Å². The first-order valence-electron chi connectivity index (χ1n) is 10.7. The first-order valence-corrected chi connectivity index (χ1v) is 12.5. The quantitative estimate of drug-likeness (QED) is 0.656. The first kappa shape index (κ1) is 24.2. The summed E-state index contributed by atoms with van der Waals surface area (Å²) in [6, 6.07) is 13.1. The fourth-order valence-corrected chi connectivity index (χ4v) is 5.44. The molecule has 172 valence electrons. The molecule has 1 N–H and O–H groups in total. The molecule has 0 spiro atoms. The molecule has 1 aliphatic rings. The third-order valence-corrected chi connectivity index (χ3v) is 7.99. The molecular formula is C23H28ClN3O4S. The zero-order chi connectivity index (χ0) is 23.3. The van der Waals surface area contributed by atoms with Gasteiger partial charge in [-0.1, -0.05) is 31.5 Å². The summed E-state index contributed by atoms with van der Waals surface area (Å²) in [5.74, 6) is -0.483. The van der Waals surface area contributed by atoms with E-state index in [1.807, 2.05) is 0 Å². The van der Waals surface area contributed by atoms with Gasteiger partial charge in [-0.2, -0.15) is 4.31 Å². The second kappa shape index (κ2) is 10.5. The molecule has 2 aromatic carbocycles. The Bertz CT molecular complexity index is 1060. The van der Waals surface area contributed by atoms with Gasteiger partial charge < -0.3 is 10.2 Å². The van der Waals surface area contributed by atoms with E-state index in [0.717, 1.165) is 0 Å². The van der Waals surface area contributed by atoms with E-state index in [0.29, 0.717) is 55.3 Å². The number of likely N-dealkylation sites (tertiary alicyclic amines) is 1. The van der Waals surface area contributed by atoms with Crippen LogP contribution in [0.1, 0.15) is 37.0 Å². The number of halogens is 1. The summed E-state index contributed by atoms with van der Waals surface area (Å²) in [4.78, 5) is 27.3. The third-order valence-electron chi connectivity index (χ3n) is 5.69. The van der Waals surface area contributed by atoms with Gasteiger partial charge >= 0.3 is 0 Å². The van der Waals surface area contributed by atoms with Gasteiger partial charge in [-0.15, -0.1) is 0 Å². The number of carbonyl (C=O) groups excluding carboxylic acids is 2. The van der Waals surface area contributed by atoms with Crippen LogP contribution in [0.3, 0.4) is 0 Å². The standard InChI is InChI=1S/C23H28ClN3O4S/c1-3-27(4-2)32(30,31)21-7-5-6-20(16-21)25-22(28)17-12-14-26(15-13-17)23(29)18-8-10-19(24)11-9-18/h5-11,16-17H,3-4,12-15H2,1-2H3,(H,25,28). The molecule has 0 radical (unpaired) electrons. The molecular weight excluding hydrogens is 450 g/mol. The Hall–Kier alpha value is -2.42. The van der Waals surface area contributed by atoms with Crippen LogP contribution < -0.4 is 5.32 Å². The molecule has 2 amide bonds. The van der Waals surface area contributed by atoms with Gasteiger partial charge in [0.1, 0.15) is 0 Å². The number of sulfonamides is 1. The van der Waals surface area contributed by atoms with Crippen molar-refractivity contribution in [3.8, 4) is 0 Å². The van der Waals surface area contributed by atoms with E-state index < -0.39 is 10.0 Å². The Morgan fingerprint density at radius 2 is 1.69 bits per heavy atom. The van der Waals surface area contributed by atoms with Gasteiger partial charge in [0.15, 0.2) is 0 Å². The van der Waals surface area contributed by atoms with Crippen LogP contribution in [0.2, 0.25) is 5.02 Å². The molecule has 32 heavy (non-hydrogen) atoms. The molecule has 0 saturated carbocycles. The summed E-state index contributed by atoms with van der Waals surface area (Å²) in [7, 11) is -3.60. The van der Waals surface area contributed by atoms with Gasteiger partial charge in [-0.25, -0.2) is 8.42 Å². The average Bonchev–Trinajstić information content (AvgIpc) is 2.80. The Morgan fingerprint density at radius 1 is 1.06 bits per heavy atom. The van der Waals surface area contributed by atoms with Crippen LogP contribution in [0.4, 0.5) is 5.69 Å². The number of rotatable bonds is 7. The summed E-state index contributed by atoms with van der Waals surface area (Å²) in [6.45, 7) is 5.30. The number of amides is 2. The van der Waals surface area contributed by atoms with E-state index in [1.54, 1.807) is 55.1 Å². The summed E-state index contributed by atoms with van der Waals surface area (Å²) >= 11 is 5.88. The first-order chi connectivity index (χ1) is 15.3. The highest BCUT2D eigenvalue weighted by molar-refractivity contribution is 7.89. The lowest BCUT2D eigenvalue weighted by molar-refractivity contribution is -0.121. The molecule has 7 nitrogen and oxygen atoms in total. The molecule has 0 unspecified atom stereocenters. The minimum absolute atomic E-state index is 0.0742. The van der Waals surface area contributed by atoms with Crippen molar-refractivity contribution >= 4 is 39.1 Å². The second-order valence-electron chi connectivity index (χ2n) is 7.68. The van der Waals surface area contributed by atoms with Crippen molar-refractivity contribution in [3.05, 3.63) is 59.1 Å². The van der Waals surface area contributed by atoms with Gasteiger partial charge in [0.05, 0.1) is 4.90 Å². The average molecular weight is 478 g/mol. The molecule has 0 bridgehead atoms. The van der Waals surface area contributed by atoms with Crippen LogP contribution in [0.25, 0.3) is 0 Å². The third kappa shape index (κ3) is 5.49. The predicted molar refractivity (Wildman–Crippen MR) is 125 cm³/mol. The molecule has 0 aromatic heterocycles. The molecule has 1 aliphatic heterocycles. The van der Waals surface area contributed by atoms with Gasteiger partial charge in [-0.3, -0.25) is 9.59 Å². The van der Waals surface area contributed by atoms with Crippen LogP contribution >= 0.6 is 11.6 Å². The van der Waals surface area contributed by atoms with Crippen molar-refractivity contribution in [2.24, 2.45) is 5.92 Å². The number of nitrogens with zero attached hydrogens (tertiary/aromatic N) is 2. The minimum Gasteiger partial charge on any atom is -0.339 e. The smallest absolute Gasteiger partial charge is 0.253 e. The van der Waals surface area contributed by atoms with Crippen molar-refractivity contribution in [2.45, 2.75) is 31.6 Å². The van der Waals surface area contributed by atoms with Crippen LogP contribution in [-0.2, 0) is 14.8 Å². The number of hydrogen-bond donors (Lipinski definition) is 1. The minimum atomic E-state index is -3.60. The Kier molecular flexibility index (Phi) is 7.92. The fourth-order valence-electron chi connectivity index (χ4n) is 3.81. The lowest BCUT2D eigenvalue weighted by Crippen LogP contribution is -2.41. The summed E-state index contributed by atoms with van der Waals surface area (Å²) < 4.78 is 26.9. The zero-order valence-electron chi connectivity index (χ0n) is 18.3. The van der Waals surface area contributed by atoms with Gasteiger partial charge in [0.2, 0.25) is 15.9 Å². The monoisotopic (exact) mass is 477 g/mol. The highest BCUT2D eigenvalue weighted by Crippen LogP contribution is 2.24. The SMILES string of the molecule is CCN(CC)S(=O)(=O)c1cccc(NC(=O)C2CCN(C(=O)c3ccc(Cl)cc3)CC2)c1. The van der Waals surface area contributed by atoms with Crippen molar-refractivity contribution in [1.82, 2.24) is 9.21 Å².